The number of aliphatic imine (C=N–C) groups is 2. The predicted octanol–water partition coefficient (Wildman–Crippen LogP) is 4.60. The van der Waals surface area contributed by atoms with E-state index in [4.69, 9.17) is 9.98 Å². The van der Waals surface area contributed by atoms with Crippen molar-refractivity contribution in [3.8, 4) is 0 Å². The molecule has 2 amide bonds. The van der Waals surface area contributed by atoms with Crippen LogP contribution in [0.2, 0.25) is 0 Å². The Bertz CT molecular complexity index is 1220. The first-order valence-electron chi connectivity index (χ1n) is 10.8. The molecule has 5 rings (SSSR count). The van der Waals surface area contributed by atoms with E-state index in [-0.39, 0.29) is 12.1 Å². The summed E-state index contributed by atoms with van der Waals surface area (Å²) in [7, 11) is 0. The lowest BCUT2D eigenvalue weighted by Gasteiger charge is -2.24. The van der Waals surface area contributed by atoms with E-state index in [9.17, 15) is 4.79 Å². The molecule has 2 aliphatic rings. The Balaban J connectivity index is 1.55. The van der Waals surface area contributed by atoms with Crippen molar-refractivity contribution in [2.75, 3.05) is 16.8 Å². The summed E-state index contributed by atoms with van der Waals surface area (Å²) in [5.74, 6) is 0.760. The summed E-state index contributed by atoms with van der Waals surface area (Å²) in [6.45, 7) is 4.83. The van der Waals surface area contributed by atoms with Crippen molar-refractivity contribution >= 4 is 29.0 Å². The van der Waals surface area contributed by atoms with Crippen molar-refractivity contribution in [3.05, 3.63) is 95.6 Å². The van der Waals surface area contributed by atoms with Crippen LogP contribution < -0.4 is 15.5 Å². The minimum atomic E-state index is -0.604. The molecule has 0 aliphatic carbocycles. The summed E-state index contributed by atoms with van der Waals surface area (Å²) < 4.78 is 0. The molecule has 2 aliphatic heterocycles. The molecule has 0 fully saturated rings. The number of amides is 2. The number of nitrogens with one attached hydrogen (secondary N) is 2. The molecule has 32 heavy (non-hydrogen) atoms. The minimum Gasteiger partial charge on any atom is -0.324 e. The summed E-state index contributed by atoms with van der Waals surface area (Å²) in [6, 6.07) is 25.8. The lowest BCUT2D eigenvalue weighted by Crippen LogP contribution is -2.47. The number of anilines is 2. The van der Waals surface area contributed by atoms with Crippen molar-refractivity contribution in [2.45, 2.75) is 26.1 Å². The Morgan fingerprint density at radius 3 is 2.56 bits per heavy atom. The van der Waals surface area contributed by atoms with Gasteiger partial charge in [-0.15, -0.1) is 0 Å². The van der Waals surface area contributed by atoms with Crippen molar-refractivity contribution in [3.63, 3.8) is 0 Å². The third-order valence-corrected chi connectivity index (χ3v) is 5.62. The maximum atomic E-state index is 12.9. The van der Waals surface area contributed by atoms with E-state index in [2.05, 4.69) is 34.6 Å². The molecule has 0 bridgehead atoms. The summed E-state index contributed by atoms with van der Waals surface area (Å²) in [6.07, 6.45) is -0.604. The number of carbonyl (C=O) groups is 1. The predicted molar refractivity (Wildman–Crippen MR) is 130 cm³/mol. The minimum absolute atomic E-state index is 0.121. The molecule has 3 aromatic rings. The molecule has 2 heterocycles. The zero-order valence-electron chi connectivity index (χ0n) is 18.1. The van der Waals surface area contributed by atoms with Gasteiger partial charge >= 0.3 is 6.03 Å². The number of hydrogen-bond donors (Lipinski definition) is 2. The molecule has 6 heteroatoms. The van der Waals surface area contributed by atoms with E-state index >= 15 is 0 Å². The first kappa shape index (κ1) is 20.0. The van der Waals surface area contributed by atoms with Gasteiger partial charge in [0.05, 0.1) is 17.4 Å². The van der Waals surface area contributed by atoms with E-state index in [1.807, 2.05) is 73.7 Å². The van der Waals surface area contributed by atoms with Crippen LogP contribution in [0, 0.1) is 6.92 Å². The molecule has 0 saturated heterocycles. The first-order valence-corrected chi connectivity index (χ1v) is 10.8. The number of aryl methyl sites for hydroxylation is 1. The van der Waals surface area contributed by atoms with Gasteiger partial charge in [-0.3, -0.25) is 9.98 Å². The second-order valence-corrected chi connectivity index (χ2v) is 8.18. The van der Waals surface area contributed by atoms with E-state index in [1.54, 1.807) is 0 Å². The van der Waals surface area contributed by atoms with Crippen LogP contribution in [0.1, 0.15) is 23.6 Å². The van der Waals surface area contributed by atoms with Crippen molar-refractivity contribution in [2.24, 2.45) is 9.98 Å². The largest absolute Gasteiger partial charge is 0.324 e. The highest BCUT2D eigenvalue weighted by molar-refractivity contribution is 6.21. The molecule has 6 nitrogen and oxygen atoms in total. The monoisotopic (exact) mass is 423 g/mol. The average molecular weight is 424 g/mol. The number of para-hydroxylation sites is 1. The number of benzene rings is 3. The molecule has 2 atom stereocenters. The zero-order valence-corrected chi connectivity index (χ0v) is 18.1. The Morgan fingerprint density at radius 2 is 1.75 bits per heavy atom. The van der Waals surface area contributed by atoms with Gasteiger partial charge in [0.25, 0.3) is 0 Å². The van der Waals surface area contributed by atoms with Crippen LogP contribution in [-0.4, -0.2) is 36.3 Å². The van der Waals surface area contributed by atoms with Crippen LogP contribution in [-0.2, 0) is 0 Å². The van der Waals surface area contributed by atoms with Gasteiger partial charge in [0, 0.05) is 23.4 Å². The fourth-order valence-corrected chi connectivity index (χ4v) is 4.24. The quantitative estimate of drug-likeness (QED) is 0.646. The van der Waals surface area contributed by atoms with E-state index in [1.165, 1.54) is 0 Å². The molecule has 3 aromatic carbocycles. The van der Waals surface area contributed by atoms with Crippen LogP contribution in [0.5, 0.6) is 0 Å². The zero-order chi connectivity index (χ0) is 22.1. The normalized spacial score (nSPS) is 19.2. The third-order valence-electron chi connectivity index (χ3n) is 5.62. The smallest absolute Gasteiger partial charge is 0.321 e. The van der Waals surface area contributed by atoms with Crippen LogP contribution in [0.3, 0.4) is 0 Å². The Labute approximate surface area is 187 Å². The molecule has 160 valence electrons. The van der Waals surface area contributed by atoms with Gasteiger partial charge in [-0.1, -0.05) is 60.7 Å². The van der Waals surface area contributed by atoms with Gasteiger partial charge in [0.1, 0.15) is 5.84 Å². The highest BCUT2D eigenvalue weighted by atomic mass is 16.2. The van der Waals surface area contributed by atoms with Crippen LogP contribution >= 0.6 is 0 Å². The highest BCUT2D eigenvalue weighted by Gasteiger charge is 2.35. The van der Waals surface area contributed by atoms with Gasteiger partial charge in [-0.2, -0.15) is 0 Å². The number of amidine groups is 1. The number of carbonyl (C=O) groups excluding carboxylic acids is 1. The van der Waals surface area contributed by atoms with Gasteiger partial charge < -0.3 is 15.5 Å². The average Bonchev–Trinajstić information content (AvgIpc) is 3.13. The molecule has 2 N–H and O–H groups in total. The topological polar surface area (TPSA) is 69.1 Å². The van der Waals surface area contributed by atoms with Gasteiger partial charge in [-0.25, -0.2) is 4.79 Å². The van der Waals surface area contributed by atoms with Gasteiger partial charge in [0.2, 0.25) is 0 Å². The van der Waals surface area contributed by atoms with Crippen LogP contribution in [0.15, 0.2) is 88.8 Å². The fourth-order valence-electron chi connectivity index (χ4n) is 4.24. The van der Waals surface area contributed by atoms with E-state index in [0.717, 1.165) is 46.2 Å². The maximum Gasteiger partial charge on any atom is 0.321 e. The SMILES string of the molecule is Cc1cccc(NC(=O)NC2N=C(c3ccccc3)c3ccccc3N3CC(C)N=C23)c1. The number of nitrogens with zero attached hydrogens (tertiary/aromatic N) is 3. The molecule has 0 radical (unpaired) electrons. The number of fused-ring (bicyclic) bond motifs is 3. The second kappa shape index (κ2) is 8.30. The highest BCUT2D eigenvalue weighted by Crippen LogP contribution is 2.31. The summed E-state index contributed by atoms with van der Waals surface area (Å²) >= 11 is 0. The molecule has 2 unspecified atom stereocenters. The Morgan fingerprint density at radius 1 is 0.969 bits per heavy atom. The van der Waals surface area contributed by atoms with Gasteiger partial charge in [0.15, 0.2) is 6.17 Å². The lowest BCUT2D eigenvalue weighted by atomic mass is 10.0. The molecule has 0 spiro atoms. The Kier molecular flexibility index (Phi) is 5.19. The fraction of sp³-hybridized carbons (Fsp3) is 0.192. The first-order chi connectivity index (χ1) is 15.6. The van der Waals surface area contributed by atoms with Crippen LogP contribution in [0.4, 0.5) is 16.2 Å². The number of rotatable bonds is 3. The molecular weight excluding hydrogens is 398 g/mol. The third kappa shape index (κ3) is 3.87. The maximum absolute atomic E-state index is 12.9. The standard InChI is InChI=1S/C26H25N5O/c1-17-9-8-12-20(15-17)28-26(32)30-24-25-27-18(2)16-31(25)22-14-7-6-13-21(22)23(29-24)19-10-4-3-5-11-19/h3-15,18,24H,16H2,1-2H3,(H2,28,30,32). The van der Waals surface area contributed by atoms with Crippen LogP contribution in [0.25, 0.3) is 0 Å². The summed E-state index contributed by atoms with van der Waals surface area (Å²) in [5.41, 5.74) is 5.75. The van der Waals surface area contributed by atoms with E-state index in [0.29, 0.717) is 0 Å². The van der Waals surface area contributed by atoms with Crippen molar-refractivity contribution in [1.82, 2.24) is 5.32 Å². The number of urea groups is 1. The van der Waals surface area contributed by atoms with Gasteiger partial charge in [-0.05, 0) is 37.6 Å². The molecule has 0 saturated carbocycles. The summed E-state index contributed by atoms with van der Waals surface area (Å²) in [5, 5.41) is 5.97. The number of hydrogen-bond acceptors (Lipinski definition) is 4. The summed E-state index contributed by atoms with van der Waals surface area (Å²) in [4.78, 5) is 25.0. The van der Waals surface area contributed by atoms with E-state index < -0.39 is 6.17 Å². The van der Waals surface area contributed by atoms with Crippen molar-refractivity contribution < 1.29 is 4.79 Å². The Hall–Kier alpha value is -3.93. The molecule has 0 aromatic heterocycles. The van der Waals surface area contributed by atoms with Crippen molar-refractivity contribution in [1.29, 1.82) is 0 Å². The lowest BCUT2D eigenvalue weighted by molar-refractivity contribution is 0.251. The molecular formula is C26H25N5O. The second-order valence-electron chi connectivity index (χ2n) is 8.18.